The number of nitrogens with one attached hydrogen (secondary N) is 2. The van der Waals surface area contributed by atoms with Gasteiger partial charge in [0.25, 0.3) is 11.8 Å². The van der Waals surface area contributed by atoms with E-state index in [-0.39, 0.29) is 29.3 Å². The molecule has 114 valence electrons. The summed E-state index contributed by atoms with van der Waals surface area (Å²) in [5.41, 5.74) is 0.505. The van der Waals surface area contributed by atoms with Crippen molar-refractivity contribution < 1.29 is 18.0 Å². The van der Waals surface area contributed by atoms with Gasteiger partial charge in [-0.1, -0.05) is 0 Å². The van der Waals surface area contributed by atoms with Gasteiger partial charge in [0.05, 0.1) is 16.6 Å². The first-order valence-corrected chi connectivity index (χ1v) is 8.27. The van der Waals surface area contributed by atoms with Gasteiger partial charge in [-0.3, -0.25) is 14.6 Å². The number of rotatable bonds is 3. The highest BCUT2D eigenvalue weighted by atomic mass is 32.2. The van der Waals surface area contributed by atoms with Gasteiger partial charge in [-0.2, -0.15) is 0 Å². The molecular weight excluding hydrogens is 294 g/mol. The van der Waals surface area contributed by atoms with Crippen LogP contribution in [-0.2, 0) is 9.84 Å². The van der Waals surface area contributed by atoms with E-state index in [1.165, 1.54) is 25.4 Å². The van der Waals surface area contributed by atoms with E-state index in [1.807, 2.05) is 0 Å². The van der Waals surface area contributed by atoms with Crippen molar-refractivity contribution in [1.82, 2.24) is 15.6 Å². The Hall–Kier alpha value is -1.96. The summed E-state index contributed by atoms with van der Waals surface area (Å²) in [6, 6.07) is 2.55. The van der Waals surface area contributed by atoms with Gasteiger partial charge in [0.2, 0.25) is 0 Å². The van der Waals surface area contributed by atoms with Gasteiger partial charge in [0.15, 0.2) is 9.84 Å². The number of aromatic nitrogens is 1. The Bertz CT molecular complexity index is 654. The first kappa shape index (κ1) is 15.4. The van der Waals surface area contributed by atoms with E-state index in [0.29, 0.717) is 12.0 Å². The molecule has 8 heteroatoms. The van der Waals surface area contributed by atoms with Crippen molar-refractivity contribution in [2.45, 2.75) is 24.6 Å². The standard InChI is InChI=1S/C13H17N3O4S/c1-8-10(5-6-21(8,19)20)16-12(17)9-3-4-11(15-7-9)13(18)14-2/h3-4,7-8,10H,5-6H2,1-2H3,(H,14,18)(H,16,17)/t8-,10-/m0/s1. The molecule has 0 bridgehead atoms. The predicted octanol–water partition coefficient (Wildman–Crippen LogP) is -0.253. The minimum Gasteiger partial charge on any atom is -0.354 e. The molecule has 0 unspecified atom stereocenters. The largest absolute Gasteiger partial charge is 0.354 e. The second kappa shape index (κ2) is 5.80. The molecule has 0 aromatic carbocycles. The molecule has 1 aromatic heterocycles. The maximum Gasteiger partial charge on any atom is 0.269 e. The molecule has 2 atom stereocenters. The lowest BCUT2D eigenvalue weighted by molar-refractivity contribution is 0.0930. The topological polar surface area (TPSA) is 105 Å². The molecule has 2 heterocycles. The second-order valence-corrected chi connectivity index (χ2v) is 7.43. The predicted molar refractivity (Wildman–Crippen MR) is 76.7 cm³/mol. The van der Waals surface area contributed by atoms with Crippen molar-refractivity contribution in [3.05, 3.63) is 29.6 Å². The highest BCUT2D eigenvalue weighted by Gasteiger charge is 2.37. The van der Waals surface area contributed by atoms with Crippen molar-refractivity contribution >= 4 is 21.7 Å². The molecular formula is C13H17N3O4S. The van der Waals surface area contributed by atoms with Crippen LogP contribution in [0.15, 0.2) is 18.3 Å². The Morgan fingerprint density at radius 2 is 2.00 bits per heavy atom. The van der Waals surface area contributed by atoms with Crippen molar-refractivity contribution in [3.8, 4) is 0 Å². The minimum absolute atomic E-state index is 0.0903. The van der Waals surface area contributed by atoms with E-state index in [4.69, 9.17) is 0 Å². The maximum atomic E-state index is 12.1. The fraction of sp³-hybridized carbons (Fsp3) is 0.462. The zero-order valence-electron chi connectivity index (χ0n) is 11.8. The van der Waals surface area contributed by atoms with Crippen LogP contribution in [0.4, 0.5) is 0 Å². The van der Waals surface area contributed by atoms with Gasteiger partial charge in [-0.05, 0) is 25.5 Å². The van der Waals surface area contributed by atoms with Crippen molar-refractivity contribution in [1.29, 1.82) is 0 Å². The van der Waals surface area contributed by atoms with Crippen LogP contribution in [-0.4, -0.2) is 49.3 Å². The number of carbonyl (C=O) groups excluding carboxylic acids is 2. The van der Waals surface area contributed by atoms with Gasteiger partial charge in [-0.25, -0.2) is 8.42 Å². The highest BCUT2D eigenvalue weighted by molar-refractivity contribution is 7.92. The number of sulfone groups is 1. The quantitative estimate of drug-likeness (QED) is 0.800. The zero-order chi connectivity index (χ0) is 15.6. The molecule has 0 aliphatic carbocycles. The van der Waals surface area contributed by atoms with E-state index in [2.05, 4.69) is 15.6 Å². The molecule has 2 rings (SSSR count). The maximum absolute atomic E-state index is 12.1. The molecule has 2 amide bonds. The molecule has 0 saturated carbocycles. The van der Waals surface area contributed by atoms with Crippen molar-refractivity contribution in [3.63, 3.8) is 0 Å². The third kappa shape index (κ3) is 3.21. The van der Waals surface area contributed by atoms with Crippen molar-refractivity contribution in [2.24, 2.45) is 0 Å². The monoisotopic (exact) mass is 311 g/mol. The van der Waals surface area contributed by atoms with Crippen LogP contribution < -0.4 is 10.6 Å². The van der Waals surface area contributed by atoms with Crippen LogP contribution in [0.2, 0.25) is 0 Å². The summed E-state index contributed by atoms with van der Waals surface area (Å²) in [6.45, 7) is 1.60. The third-order valence-corrected chi connectivity index (χ3v) is 5.91. The van der Waals surface area contributed by atoms with Gasteiger partial charge >= 0.3 is 0 Å². The van der Waals surface area contributed by atoms with E-state index < -0.39 is 15.1 Å². The fourth-order valence-corrected chi connectivity index (χ4v) is 3.85. The molecule has 0 spiro atoms. The zero-order valence-corrected chi connectivity index (χ0v) is 12.6. The molecule has 1 saturated heterocycles. The minimum atomic E-state index is -3.11. The molecule has 0 radical (unpaired) electrons. The van der Waals surface area contributed by atoms with Gasteiger partial charge in [0.1, 0.15) is 5.69 Å². The summed E-state index contributed by atoms with van der Waals surface area (Å²) in [5, 5.41) is 4.56. The van der Waals surface area contributed by atoms with E-state index in [1.54, 1.807) is 6.92 Å². The Kier molecular flexibility index (Phi) is 4.26. The number of pyridine rings is 1. The first-order valence-electron chi connectivity index (χ1n) is 6.55. The number of hydrogen-bond acceptors (Lipinski definition) is 5. The lowest BCUT2D eigenvalue weighted by Crippen LogP contribution is -2.40. The van der Waals surface area contributed by atoms with E-state index in [0.717, 1.165) is 0 Å². The van der Waals surface area contributed by atoms with E-state index in [9.17, 15) is 18.0 Å². The number of amides is 2. The average Bonchev–Trinajstić information content (AvgIpc) is 2.73. The van der Waals surface area contributed by atoms with E-state index >= 15 is 0 Å². The summed E-state index contributed by atoms with van der Waals surface area (Å²) >= 11 is 0. The summed E-state index contributed by atoms with van der Waals surface area (Å²) in [6.07, 6.45) is 1.72. The Morgan fingerprint density at radius 3 is 2.48 bits per heavy atom. The average molecular weight is 311 g/mol. The Labute approximate surface area is 123 Å². The second-order valence-electron chi connectivity index (χ2n) is 4.95. The third-order valence-electron chi connectivity index (χ3n) is 3.65. The van der Waals surface area contributed by atoms with Crippen LogP contribution in [0, 0.1) is 0 Å². The number of hydrogen-bond donors (Lipinski definition) is 2. The molecule has 1 fully saturated rings. The lowest BCUT2D eigenvalue weighted by Gasteiger charge is -2.16. The van der Waals surface area contributed by atoms with Gasteiger partial charge in [-0.15, -0.1) is 0 Å². The highest BCUT2D eigenvalue weighted by Crippen LogP contribution is 2.20. The van der Waals surface area contributed by atoms with Gasteiger partial charge < -0.3 is 10.6 Å². The first-order chi connectivity index (χ1) is 9.85. The normalized spacial score (nSPS) is 23.5. The number of nitrogens with zero attached hydrogens (tertiary/aromatic N) is 1. The molecule has 1 aromatic rings. The van der Waals surface area contributed by atoms with Crippen molar-refractivity contribution in [2.75, 3.05) is 12.8 Å². The SMILES string of the molecule is CNC(=O)c1ccc(C(=O)N[C@H]2CCS(=O)(=O)[C@H]2C)cn1. The van der Waals surface area contributed by atoms with Gasteiger partial charge in [0, 0.05) is 19.3 Å². The summed E-state index contributed by atoms with van der Waals surface area (Å²) in [5.74, 6) is -0.634. The molecule has 7 nitrogen and oxygen atoms in total. The molecule has 2 N–H and O–H groups in total. The Morgan fingerprint density at radius 1 is 1.29 bits per heavy atom. The van der Waals surface area contributed by atoms with Crippen LogP contribution in [0.5, 0.6) is 0 Å². The summed E-state index contributed by atoms with van der Waals surface area (Å²) in [7, 11) is -1.61. The lowest BCUT2D eigenvalue weighted by atomic mass is 10.1. The summed E-state index contributed by atoms with van der Waals surface area (Å²) in [4.78, 5) is 27.3. The van der Waals surface area contributed by atoms with Crippen LogP contribution in [0.1, 0.15) is 34.2 Å². The van der Waals surface area contributed by atoms with Crippen LogP contribution >= 0.6 is 0 Å². The fourth-order valence-electron chi connectivity index (χ4n) is 2.19. The summed E-state index contributed by atoms with van der Waals surface area (Å²) < 4.78 is 23.3. The smallest absolute Gasteiger partial charge is 0.269 e. The van der Waals surface area contributed by atoms with Crippen LogP contribution in [0.3, 0.4) is 0 Å². The molecule has 21 heavy (non-hydrogen) atoms. The number of carbonyl (C=O) groups is 2. The Balaban J connectivity index is 2.06. The molecule has 1 aliphatic heterocycles. The van der Waals surface area contributed by atoms with Crippen LogP contribution in [0.25, 0.3) is 0 Å². The molecule has 1 aliphatic rings.